The molecule has 0 fully saturated rings. The largest absolute Gasteiger partial charge is 0.375 e. The number of oxime groups is 1. The molecule has 0 atom stereocenters. The first kappa shape index (κ1) is 12.6. The fraction of sp³-hybridized carbons (Fsp3) is 0.0667. The van der Waals surface area contributed by atoms with Crippen molar-refractivity contribution in [1.82, 2.24) is 4.98 Å². The SMILES string of the molecule is CC(=NOC(=O)c1cc2ccccc2s1)c1cc[nH]c1. The molecule has 0 aliphatic heterocycles. The molecule has 0 spiro atoms. The van der Waals surface area contributed by atoms with Crippen LogP contribution < -0.4 is 0 Å². The molecular formula is C15H12N2O2S. The van der Waals surface area contributed by atoms with Crippen LogP contribution in [0, 0.1) is 0 Å². The summed E-state index contributed by atoms with van der Waals surface area (Å²) in [6.07, 6.45) is 3.59. The fourth-order valence-corrected chi connectivity index (χ4v) is 2.77. The van der Waals surface area contributed by atoms with Crippen molar-refractivity contribution in [3.8, 4) is 0 Å². The Kier molecular flexibility index (Phi) is 3.35. The van der Waals surface area contributed by atoms with Crippen molar-refractivity contribution in [3.05, 3.63) is 59.2 Å². The van der Waals surface area contributed by atoms with Crippen LogP contribution in [0.1, 0.15) is 22.2 Å². The van der Waals surface area contributed by atoms with Crippen LogP contribution >= 0.6 is 11.3 Å². The third-order valence-electron chi connectivity index (χ3n) is 2.91. The standard InChI is InChI=1S/C15H12N2O2S/c1-10(12-6-7-16-9-12)17-19-15(18)14-8-11-4-2-3-5-13(11)20-14/h2-9,16H,1H3. The summed E-state index contributed by atoms with van der Waals surface area (Å²) in [5.74, 6) is -0.430. The monoisotopic (exact) mass is 284 g/mol. The van der Waals surface area contributed by atoms with Gasteiger partial charge in [0.1, 0.15) is 4.88 Å². The molecule has 0 saturated heterocycles. The first-order valence-electron chi connectivity index (χ1n) is 6.12. The van der Waals surface area contributed by atoms with Crippen molar-refractivity contribution < 1.29 is 9.63 Å². The van der Waals surface area contributed by atoms with Gasteiger partial charge in [-0.25, -0.2) is 4.79 Å². The molecule has 1 N–H and O–H groups in total. The third kappa shape index (κ3) is 2.48. The average molecular weight is 284 g/mol. The summed E-state index contributed by atoms with van der Waals surface area (Å²) in [6, 6.07) is 11.5. The third-order valence-corrected chi connectivity index (χ3v) is 4.00. The van der Waals surface area contributed by atoms with Crippen molar-refractivity contribution in [3.63, 3.8) is 0 Å². The first-order chi connectivity index (χ1) is 9.74. The van der Waals surface area contributed by atoms with Gasteiger partial charge < -0.3 is 9.82 Å². The second-order valence-corrected chi connectivity index (χ2v) is 5.39. The van der Waals surface area contributed by atoms with Crippen LogP contribution in [0.15, 0.2) is 53.9 Å². The van der Waals surface area contributed by atoms with E-state index in [0.717, 1.165) is 15.6 Å². The molecule has 0 aliphatic carbocycles. The van der Waals surface area contributed by atoms with E-state index in [1.807, 2.05) is 36.4 Å². The number of carbonyl (C=O) groups is 1. The summed E-state index contributed by atoms with van der Waals surface area (Å²) in [7, 11) is 0. The molecule has 20 heavy (non-hydrogen) atoms. The van der Waals surface area contributed by atoms with Gasteiger partial charge in [0.15, 0.2) is 0 Å². The summed E-state index contributed by atoms with van der Waals surface area (Å²) in [5.41, 5.74) is 1.55. The van der Waals surface area contributed by atoms with Gasteiger partial charge in [-0.1, -0.05) is 23.4 Å². The molecule has 0 saturated carbocycles. The van der Waals surface area contributed by atoms with Gasteiger partial charge in [0.2, 0.25) is 0 Å². The number of carbonyl (C=O) groups excluding carboxylic acids is 1. The molecule has 2 aromatic heterocycles. The lowest BCUT2D eigenvalue weighted by atomic mass is 10.2. The zero-order chi connectivity index (χ0) is 13.9. The number of hydrogen-bond donors (Lipinski definition) is 1. The van der Waals surface area contributed by atoms with E-state index in [1.54, 1.807) is 19.3 Å². The molecule has 0 radical (unpaired) electrons. The molecule has 1 aromatic carbocycles. The highest BCUT2D eigenvalue weighted by atomic mass is 32.1. The first-order valence-corrected chi connectivity index (χ1v) is 6.93. The molecule has 0 unspecified atom stereocenters. The van der Waals surface area contributed by atoms with Crippen LogP contribution in [-0.4, -0.2) is 16.7 Å². The highest BCUT2D eigenvalue weighted by Gasteiger charge is 2.12. The predicted octanol–water partition coefficient (Wildman–Crippen LogP) is 3.81. The van der Waals surface area contributed by atoms with Gasteiger partial charge in [-0.05, 0) is 30.5 Å². The number of nitrogens with one attached hydrogen (secondary N) is 1. The topological polar surface area (TPSA) is 54.4 Å². The van der Waals surface area contributed by atoms with Crippen molar-refractivity contribution >= 4 is 33.1 Å². The summed E-state index contributed by atoms with van der Waals surface area (Å²) in [4.78, 5) is 20.4. The zero-order valence-electron chi connectivity index (χ0n) is 10.8. The molecule has 3 rings (SSSR count). The Morgan fingerprint density at radius 3 is 2.90 bits per heavy atom. The van der Waals surface area contributed by atoms with Gasteiger partial charge in [-0.15, -0.1) is 11.3 Å². The van der Waals surface area contributed by atoms with Crippen LogP contribution in [-0.2, 0) is 4.84 Å². The van der Waals surface area contributed by atoms with E-state index < -0.39 is 5.97 Å². The summed E-state index contributed by atoms with van der Waals surface area (Å²) in [5, 5.41) is 4.90. The van der Waals surface area contributed by atoms with E-state index in [1.165, 1.54) is 11.3 Å². The predicted molar refractivity (Wildman–Crippen MR) is 80.2 cm³/mol. The highest BCUT2D eigenvalue weighted by Crippen LogP contribution is 2.25. The molecule has 0 bridgehead atoms. The molecule has 4 nitrogen and oxygen atoms in total. The van der Waals surface area contributed by atoms with Gasteiger partial charge in [-0.3, -0.25) is 0 Å². The minimum Gasteiger partial charge on any atom is -0.367 e. The minimum absolute atomic E-state index is 0.430. The van der Waals surface area contributed by atoms with E-state index >= 15 is 0 Å². The maximum atomic E-state index is 12.0. The number of H-pyrrole nitrogens is 1. The van der Waals surface area contributed by atoms with Crippen LogP contribution in [0.2, 0.25) is 0 Å². The maximum Gasteiger partial charge on any atom is 0.375 e. The number of thiophene rings is 1. The van der Waals surface area contributed by atoms with Crippen molar-refractivity contribution in [2.45, 2.75) is 6.92 Å². The molecule has 3 aromatic rings. The zero-order valence-corrected chi connectivity index (χ0v) is 11.6. The van der Waals surface area contributed by atoms with E-state index in [-0.39, 0.29) is 0 Å². The minimum atomic E-state index is -0.430. The number of hydrogen-bond acceptors (Lipinski definition) is 4. The van der Waals surface area contributed by atoms with Crippen LogP contribution in [0.3, 0.4) is 0 Å². The van der Waals surface area contributed by atoms with Crippen LogP contribution in [0.4, 0.5) is 0 Å². The summed E-state index contributed by atoms with van der Waals surface area (Å²) >= 11 is 1.40. The van der Waals surface area contributed by atoms with Gasteiger partial charge >= 0.3 is 5.97 Å². The van der Waals surface area contributed by atoms with Gasteiger partial charge in [0.25, 0.3) is 0 Å². The van der Waals surface area contributed by atoms with Crippen molar-refractivity contribution in [1.29, 1.82) is 0 Å². The molecule has 0 amide bonds. The lowest BCUT2D eigenvalue weighted by Gasteiger charge is -1.96. The normalized spacial score (nSPS) is 11.8. The second kappa shape index (κ2) is 5.30. The summed E-state index contributed by atoms with van der Waals surface area (Å²) < 4.78 is 1.06. The number of aromatic nitrogens is 1. The van der Waals surface area contributed by atoms with Gasteiger partial charge in [-0.2, -0.15) is 0 Å². The smallest absolute Gasteiger partial charge is 0.367 e. The van der Waals surface area contributed by atoms with Crippen molar-refractivity contribution in [2.24, 2.45) is 5.16 Å². The quantitative estimate of drug-likeness (QED) is 0.451. The lowest BCUT2D eigenvalue weighted by molar-refractivity contribution is 0.0522. The van der Waals surface area contributed by atoms with E-state index in [4.69, 9.17) is 4.84 Å². The number of nitrogens with zero attached hydrogens (tertiary/aromatic N) is 1. The Morgan fingerprint density at radius 2 is 2.15 bits per heavy atom. The number of aromatic amines is 1. The van der Waals surface area contributed by atoms with Crippen molar-refractivity contribution in [2.75, 3.05) is 0 Å². The lowest BCUT2D eigenvalue weighted by Crippen LogP contribution is -2.01. The Morgan fingerprint density at radius 1 is 1.30 bits per heavy atom. The number of fused-ring (bicyclic) bond motifs is 1. The maximum absolute atomic E-state index is 12.0. The molecule has 100 valence electrons. The average Bonchev–Trinajstić information content (AvgIpc) is 3.12. The second-order valence-electron chi connectivity index (χ2n) is 4.30. The Labute approximate surface area is 119 Å². The molecular weight excluding hydrogens is 272 g/mol. The Balaban J connectivity index is 1.78. The van der Waals surface area contributed by atoms with Crippen LogP contribution in [0.25, 0.3) is 10.1 Å². The van der Waals surface area contributed by atoms with E-state index in [2.05, 4.69) is 10.1 Å². The summed E-state index contributed by atoms with van der Waals surface area (Å²) in [6.45, 7) is 1.79. The fourth-order valence-electron chi connectivity index (χ4n) is 1.84. The molecule has 0 aliphatic rings. The van der Waals surface area contributed by atoms with Gasteiger partial charge in [0, 0.05) is 22.7 Å². The number of benzene rings is 1. The van der Waals surface area contributed by atoms with E-state index in [9.17, 15) is 4.79 Å². The molecule has 2 heterocycles. The molecule has 5 heteroatoms. The Hall–Kier alpha value is -2.40. The van der Waals surface area contributed by atoms with Crippen LogP contribution in [0.5, 0.6) is 0 Å². The Bertz CT molecular complexity index is 739. The van der Waals surface area contributed by atoms with Gasteiger partial charge in [0.05, 0.1) is 5.71 Å². The van der Waals surface area contributed by atoms with E-state index in [0.29, 0.717) is 10.6 Å². The number of rotatable bonds is 3. The highest BCUT2D eigenvalue weighted by molar-refractivity contribution is 7.20.